The van der Waals surface area contributed by atoms with Gasteiger partial charge in [-0.2, -0.15) is 0 Å². The zero-order valence-electron chi connectivity index (χ0n) is 12.0. The monoisotopic (exact) mass is 348 g/mol. The molecule has 1 amide bonds. The Bertz CT molecular complexity index is 968. The minimum absolute atomic E-state index is 0.288. The molecule has 118 valence electrons. The van der Waals surface area contributed by atoms with Crippen molar-refractivity contribution in [3.63, 3.8) is 0 Å². The summed E-state index contributed by atoms with van der Waals surface area (Å²) in [6.45, 7) is 0. The van der Waals surface area contributed by atoms with E-state index in [1.165, 1.54) is 11.3 Å². The zero-order valence-corrected chi connectivity index (χ0v) is 13.6. The molecule has 9 heteroatoms. The van der Waals surface area contributed by atoms with E-state index in [1.54, 1.807) is 42.6 Å². The Kier molecular flexibility index (Phi) is 3.97. The second-order valence-electron chi connectivity index (χ2n) is 4.74. The number of amides is 1. The van der Waals surface area contributed by atoms with Gasteiger partial charge < -0.3 is 5.32 Å². The maximum absolute atomic E-state index is 12.1. The molecule has 0 aliphatic heterocycles. The van der Waals surface area contributed by atoms with Crippen LogP contribution in [-0.4, -0.2) is 30.5 Å². The smallest absolute Gasteiger partial charge is 0.274 e. The molecule has 0 aliphatic carbocycles. The van der Waals surface area contributed by atoms with Gasteiger partial charge in [0.1, 0.15) is 5.69 Å². The Hall–Kier alpha value is -2.52. The Morgan fingerprint density at radius 3 is 2.74 bits per heavy atom. The summed E-state index contributed by atoms with van der Waals surface area (Å²) in [4.78, 5) is 20.2. The lowest BCUT2D eigenvalue weighted by Crippen LogP contribution is -2.13. The molecular weight excluding hydrogens is 336 g/mol. The molecule has 0 fully saturated rings. The van der Waals surface area contributed by atoms with Gasteiger partial charge in [-0.3, -0.25) is 14.5 Å². The Morgan fingerprint density at radius 1 is 1.22 bits per heavy atom. The number of pyridine rings is 1. The van der Waals surface area contributed by atoms with Crippen molar-refractivity contribution in [3.8, 4) is 0 Å². The van der Waals surface area contributed by atoms with Gasteiger partial charge in [0.15, 0.2) is 5.13 Å². The summed E-state index contributed by atoms with van der Waals surface area (Å²) in [6, 6.07) is 10.2. The highest BCUT2D eigenvalue weighted by Crippen LogP contribution is 2.28. The van der Waals surface area contributed by atoms with E-state index in [9.17, 15) is 13.2 Å². The first-order valence-electron chi connectivity index (χ1n) is 6.51. The first kappa shape index (κ1) is 15.4. The minimum atomic E-state index is -3.37. The fraction of sp³-hybridized carbons (Fsp3) is 0.0714. The standard InChI is InChI=1S/C14H12N4O3S2/c1-23(20,21)18-14-17-10-6-5-9(8-12(10)22-14)16-13(19)11-4-2-3-7-15-11/h2-8H,1H3,(H,16,19)(H,17,18). The van der Waals surface area contributed by atoms with Gasteiger partial charge in [0.25, 0.3) is 5.91 Å². The van der Waals surface area contributed by atoms with Crippen molar-refractivity contribution < 1.29 is 13.2 Å². The number of sulfonamides is 1. The number of hydrogen-bond acceptors (Lipinski definition) is 6. The molecule has 0 aliphatic rings. The van der Waals surface area contributed by atoms with E-state index in [0.29, 0.717) is 16.9 Å². The van der Waals surface area contributed by atoms with Crippen LogP contribution < -0.4 is 10.0 Å². The molecule has 2 N–H and O–H groups in total. The first-order valence-corrected chi connectivity index (χ1v) is 9.22. The van der Waals surface area contributed by atoms with Crippen LogP contribution in [0.5, 0.6) is 0 Å². The Morgan fingerprint density at radius 2 is 2.04 bits per heavy atom. The van der Waals surface area contributed by atoms with Crippen LogP contribution in [0.4, 0.5) is 10.8 Å². The van der Waals surface area contributed by atoms with Crippen molar-refractivity contribution in [2.45, 2.75) is 0 Å². The maximum atomic E-state index is 12.1. The van der Waals surface area contributed by atoms with E-state index in [-0.39, 0.29) is 11.0 Å². The number of fused-ring (bicyclic) bond motifs is 1. The highest BCUT2D eigenvalue weighted by atomic mass is 32.2. The van der Waals surface area contributed by atoms with Crippen molar-refractivity contribution in [3.05, 3.63) is 48.3 Å². The third-order valence-corrected chi connectivity index (χ3v) is 4.44. The van der Waals surface area contributed by atoms with E-state index in [0.717, 1.165) is 11.0 Å². The van der Waals surface area contributed by atoms with Crippen molar-refractivity contribution >= 4 is 48.3 Å². The van der Waals surface area contributed by atoms with Crippen molar-refractivity contribution in [1.82, 2.24) is 9.97 Å². The van der Waals surface area contributed by atoms with Gasteiger partial charge in [0.2, 0.25) is 10.0 Å². The van der Waals surface area contributed by atoms with Crippen LogP contribution in [0.2, 0.25) is 0 Å². The molecule has 3 aromatic rings. The number of hydrogen-bond donors (Lipinski definition) is 2. The number of benzene rings is 1. The van der Waals surface area contributed by atoms with E-state index >= 15 is 0 Å². The third-order valence-electron chi connectivity index (χ3n) is 2.82. The summed E-state index contributed by atoms with van der Waals surface area (Å²) in [6.07, 6.45) is 2.61. The van der Waals surface area contributed by atoms with Crippen molar-refractivity contribution in [2.75, 3.05) is 16.3 Å². The SMILES string of the molecule is CS(=O)(=O)Nc1nc2ccc(NC(=O)c3ccccn3)cc2s1. The first-order chi connectivity index (χ1) is 10.9. The molecule has 1 aromatic carbocycles. The number of rotatable bonds is 4. The molecule has 0 atom stereocenters. The lowest BCUT2D eigenvalue weighted by Gasteiger charge is -2.04. The topological polar surface area (TPSA) is 101 Å². The van der Waals surface area contributed by atoms with Gasteiger partial charge in [-0.15, -0.1) is 0 Å². The second-order valence-corrected chi connectivity index (χ2v) is 7.52. The fourth-order valence-corrected chi connectivity index (χ4v) is 3.64. The third kappa shape index (κ3) is 3.82. The molecule has 23 heavy (non-hydrogen) atoms. The lowest BCUT2D eigenvalue weighted by molar-refractivity contribution is 0.102. The zero-order chi connectivity index (χ0) is 16.4. The van der Waals surface area contributed by atoms with Gasteiger partial charge in [0.05, 0.1) is 16.5 Å². The van der Waals surface area contributed by atoms with Crippen molar-refractivity contribution in [1.29, 1.82) is 0 Å². The second kappa shape index (κ2) is 5.94. The average molecular weight is 348 g/mol. The largest absolute Gasteiger partial charge is 0.321 e. The molecular formula is C14H12N4O3S2. The fourth-order valence-electron chi connectivity index (χ4n) is 1.90. The number of thiazole rings is 1. The van der Waals surface area contributed by atoms with Gasteiger partial charge in [-0.1, -0.05) is 17.4 Å². The lowest BCUT2D eigenvalue weighted by atomic mass is 10.2. The van der Waals surface area contributed by atoms with Crippen LogP contribution in [0.15, 0.2) is 42.6 Å². The Labute approximate surface area is 136 Å². The van der Waals surface area contributed by atoms with Crippen LogP contribution >= 0.6 is 11.3 Å². The average Bonchev–Trinajstić information content (AvgIpc) is 2.87. The quantitative estimate of drug-likeness (QED) is 0.753. The van der Waals surface area contributed by atoms with E-state index in [2.05, 4.69) is 20.0 Å². The summed E-state index contributed by atoms with van der Waals surface area (Å²) in [5, 5.41) is 3.03. The van der Waals surface area contributed by atoms with Crippen LogP contribution in [0, 0.1) is 0 Å². The van der Waals surface area contributed by atoms with E-state index < -0.39 is 10.0 Å². The molecule has 2 heterocycles. The van der Waals surface area contributed by atoms with Crippen LogP contribution in [0.1, 0.15) is 10.5 Å². The molecule has 0 saturated heterocycles. The van der Waals surface area contributed by atoms with Crippen LogP contribution in [-0.2, 0) is 10.0 Å². The number of aromatic nitrogens is 2. The normalized spacial score (nSPS) is 11.3. The number of nitrogens with one attached hydrogen (secondary N) is 2. The highest BCUT2D eigenvalue weighted by molar-refractivity contribution is 7.92. The highest BCUT2D eigenvalue weighted by Gasteiger charge is 2.11. The van der Waals surface area contributed by atoms with E-state index in [4.69, 9.17) is 0 Å². The Balaban J connectivity index is 1.84. The van der Waals surface area contributed by atoms with Crippen LogP contribution in [0.25, 0.3) is 10.2 Å². The van der Waals surface area contributed by atoms with Crippen LogP contribution in [0.3, 0.4) is 0 Å². The molecule has 0 radical (unpaired) electrons. The summed E-state index contributed by atoms with van der Waals surface area (Å²) >= 11 is 1.19. The summed E-state index contributed by atoms with van der Waals surface area (Å²) in [5.41, 5.74) is 1.55. The molecule has 7 nitrogen and oxygen atoms in total. The predicted octanol–water partition coefficient (Wildman–Crippen LogP) is 2.32. The maximum Gasteiger partial charge on any atom is 0.274 e. The summed E-state index contributed by atoms with van der Waals surface area (Å²) in [5.74, 6) is -0.316. The number of carbonyl (C=O) groups is 1. The number of carbonyl (C=O) groups excluding carboxylic acids is 1. The number of anilines is 2. The molecule has 0 bridgehead atoms. The summed E-state index contributed by atoms with van der Waals surface area (Å²) in [7, 11) is -3.37. The molecule has 3 rings (SSSR count). The predicted molar refractivity (Wildman–Crippen MR) is 90.3 cm³/mol. The van der Waals surface area contributed by atoms with Gasteiger partial charge >= 0.3 is 0 Å². The number of nitrogens with zero attached hydrogens (tertiary/aromatic N) is 2. The van der Waals surface area contributed by atoms with Gasteiger partial charge in [-0.25, -0.2) is 13.4 Å². The molecule has 0 saturated carbocycles. The molecule has 0 spiro atoms. The minimum Gasteiger partial charge on any atom is -0.321 e. The molecule has 2 aromatic heterocycles. The van der Waals surface area contributed by atoms with Gasteiger partial charge in [0, 0.05) is 11.9 Å². The van der Waals surface area contributed by atoms with Crippen molar-refractivity contribution in [2.24, 2.45) is 0 Å². The molecule has 0 unspecified atom stereocenters. The van der Waals surface area contributed by atoms with E-state index in [1.807, 2.05) is 0 Å². The van der Waals surface area contributed by atoms with Gasteiger partial charge in [-0.05, 0) is 30.3 Å². The summed E-state index contributed by atoms with van der Waals surface area (Å²) < 4.78 is 25.6.